The highest BCUT2D eigenvalue weighted by Crippen LogP contribution is 2.20. The molecule has 0 aliphatic heterocycles. The van der Waals surface area contributed by atoms with Gasteiger partial charge < -0.3 is 5.11 Å². The van der Waals surface area contributed by atoms with Crippen LogP contribution in [-0.2, 0) is 0 Å². The van der Waals surface area contributed by atoms with Crippen molar-refractivity contribution in [2.45, 2.75) is 0 Å². The second kappa shape index (κ2) is 6.02. The van der Waals surface area contributed by atoms with Crippen molar-refractivity contribution in [2.24, 2.45) is 5.10 Å². The topological polar surface area (TPSA) is 61.7 Å². The normalized spacial score (nSPS) is 10.6. The van der Waals surface area contributed by atoms with E-state index in [1.54, 1.807) is 12.3 Å². The molecule has 2 N–H and O–H groups in total. The molecule has 0 bridgehead atoms. The Morgan fingerprint density at radius 1 is 1.21 bits per heavy atom. The van der Waals surface area contributed by atoms with Gasteiger partial charge in [-0.2, -0.15) is 5.10 Å². The maximum absolute atomic E-state index is 10.9. The lowest BCUT2D eigenvalue weighted by molar-refractivity contribution is 0.0697. The SMILES string of the molecule is O=C(O)c1cc(N/N=C\c2ccccc2)ccc1Cl. The summed E-state index contributed by atoms with van der Waals surface area (Å²) in [7, 11) is 0. The minimum Gasteiger partial charge on any atom is -0.478 e. The highest BCUT2D eigenvalue weighted by Gasteiger charge is 2.08. The van der Waals surface area contributed by atoms with E-state index in [0.717, 1.165) is 5.56 Å². The first-order valence-electron chi connectivity index (χ1n) is 5.54. The van der Waals surface area contributed by atoms with E-state index in [-0.39, 0.29) is 10.6 Å². The van der Waals surface area contributed by atoms with E-state index in [9.17, 15) is 4.79 Å². The Hall–Kier alpha value is -2.33. The Bertz CT molecular complexity index is 612. The van der Waals surface area contributed by atoms with E-state index in [1.807, 2.05) is 30.3 Å². The van der Waals surface area contributed by atoms with Crippen LogP contribution in [0, 0.1) is 0 Å². The number of rotatable bonds is 4. The smallest absolute Gasteiger partial charge is 0.337 e. The van der Waals surface area contributed by atoms with Crippen molar-refractivity contribution in [3.8, 4) is 0 Å². The van der Waals surface area contributed by atoms with Crippen molar-refractivity contribution in [1.82, 2.24) is 0 Å². The van der Waals surface area contributed by atoms with Crippen molar-refractivity contribution in [1.29, 1.82) is 0 Å². The molecule has 96 valence electrons. The van der Waals surface area contributed by atoms with Crippen LogP contribution < -0.4 is 5.43 Å². The summed E-state index contributed by atoms with van der Waals surface area (Å²) in [6, 6.07) is 14.2. The maximum Gasteiger partial charge on any atom is 0.337 e. The number of nitrogens with zero attached hydrogens (tertiary/aromatic N) is 1. The molecule has 0 unspecified atom stereocenters. The number of benzene rings is 2. The third-order valence-corrected chi connectivity index (χ3v) is 2.73. The highest BCUT2D eigenvalue weighted by molar-refractivity contribution is 6.33. The zero-order valence-corrected chi connectivity index (χ0v) is 10.6. The van der Waals surface area contributed by atoms with Gasteiger partial charge in [-0.05, 0) is 23.8 Å². The fourth-order valence-corrected chi connectivity index (χ4v) is 1.68. The second-order valence-corrected chi connectivity index (χ2v) is 4.19. The largest absolute Gasteiger partial charge is 0.478 e. The summed E-state index contributed by atoms with van der Waals surface area (Å²) in [5, 5.41) is 13.2. The number of hydrogen-bond donors (Lipinski definition) is 2. The first kappa shape index (κ1) is 13.1. The summed E-state index contributed by atoms with van der Waals surface area (Å²) in [5.41, 5.74) is 4.32. The number of carboxylic acids is 1. The van der Waals surface area contributed by atoms with Crippen molar-refractivity contribution in [2.75, 3.05) is 5.43 Å². The van der Waals surface area contributed by atoms with Crippen LogP contribution in [0.5, 0.6) is 0 Å². The Kier molecular flexibility index (Phi) is 4.15. The number of carbonyl (C=O) groups is 1. The predicted molar refractivity (Wildman–Crippen MR) is 76.1 cm³/mol. The summed E-state index contributed by atoms with van der Waals surface area (Å²) in [5.74, 6) is -1.07. The van der Waals surface area contributed by atoms with Gasteiger partial charge in [0.05, 0.1) is 22.5 Å². The maximum atomic E-state index is 10.9. The lowest BCUT2D eigenvalue weighted by atomic mass is 10.2. The fraction of sp³-hybridized carbons (Fsp3) is 0. The number of carboxylic acid groups (broad SMARTS) is 1. The molecule has 5 heteroatoms. The lowest BCUT2D eigenvalue weighted by Gasteiger charge is -2.03. The molecule has 19 heavy (non-hydrogen) atoms. The van der Waals surface area contributed by atoms with E-state index >= 15 is 0 Å². The molecule has 0 heterocycles. The van der Waals surface area contributed by atoms with E-state index in [0.29, 0.717) is 5.69 Å². The van der Waals surface area contributed by atoms with Crippen LogP contribution in [-0.4, -0.2) is 17.3 Å². The summed E-state index contributed by atoms with van der Waals surface area (Å²) in [4.78, 5) is 10.9. The third-order valence-electron chi connectivity index (χ3n) is 2.40. The number of halogens is 1. The molecule has 0 aliphatic rings. The average Bonchev–Trinajstić information content (AvgIpc) is 2.41. The molecular weight excluding hydrogens is 264 g/mol. The van der Waals surface area contributed by atoms with Gasteiger partial charge in [-0.25, -0.2) is 4.79 Å². The number of anilines is 1. The Morgan fingerprint density at radius 2 is 1.95 bits per heavy atom. The molecule has 2 rings (SSSR count). The van der Waals surface area contributed by atoms with Gasteiger partial charge in [-0.3, -0.25) is 5.43 Å². The number of hydrazone groups is 1. The van der Waals surface area contributed by atoms with Crippen LogP contribution in [0.4, 0.5) is 5.69 Å². The molecule has 0 fully saturated rings. The average molecular weight is 275 g/mol. The van der Waals surface area contributed by atoms with E-state index in [4.69, 9.17) is 16.7 Å². The first-order valence-corrected chi connectivity index (χ1v) is 5.91. The fourth-order valence-electron chi connectivity index (χ4n) is 1.48. The highest BCUT2D eigenvalue weighted by atomic mass is 35.5. The molecule has 2 aromatic carbocycles. The Morgan fingerprint density at radius 3 is 2.63 bits per heavy atom. The number of aromatic carboxylic acids is 1. The van der Waals surface area contributed by atoms with Gasteiger partial charge in [0.1, 0.15) is 0 Å². The molecule has 0 atom stereocenters. The monoisotopic (exact) mass is 274 g/mol. The van der Waals surface area contributed by atoms with Crippen LogP contribution in [0.3, 0.4) is 0 Å². The zero-order valence-electron chi connectivity index (χ0n) is 9.88. The van der Waals surface area contributed by atoms with Gasteiger partial charge in [0.25, 0.3) is 0 Å². The molecule has 0 amide bonds. The Balaban J connectivity index is 2.10. The standard InChI is InChI=1S/C14H11ClN2O2/c15-13-7-6-11(8-12(13)14(18)19)17-16-9-10-4-2-1-3-5-10/h1-9,17H,(H,18,19)/b16-9-. The van der Waals surface area contributed by atoms with Crippen LogP contribution in [0.25, 0.3) is 0 Å². The minimum absolute atomic E-state index is 0.0431. The lowest BCUT2D eigenvalue weighted by Crippen LogP contribution is -1.99. The van der Waals surface area contributed by atoms with Gasteiger partial charge in [0, 0.05) is 0 Å². The molecule has 2 aromatic rings. The molecule has 0 spiro atoms. The van der Waals surface area contributed by atoms with Crippen molar-refractivity contribution in [3.05, 3.63) is 64.7 Å². The van der Waals surface area contributed by atoms with Gasteiger partial charge in [0.2, 0.25) is 0 Å². The van der Waals surface area contributed by atoms with Crippen LogP contribution in [0.1, 0.15) is 15.9 Å². The zero-order chi connectivity index (χ0) is 13.7. The van der Waals surface area contributed by atoms with Gasteiger partial charge in [-0.15, -0.1) is 0 Å². The first-order chi connectivity index (χ1) is 9.16. The number of hydrogen-bond acceptors (Lipinski definition) is 3. The van der Waals surface area contributed by atoms with Gasteiger partial charge in [0.15, 0.2) is 0 Å². The molecule has 4 nitrogen and oxygen atoms in total. The summed E-state index contributed by atoms with van der Waals surface area (Å²) in [6.45, 7) is 0. The van der Waals surface area contributed by atoms with Gasteiger partial charge >= 0.3 is 5.97 Å². The van der Waals surface area contributed by atoms with Crippen LogP contribution in [0.2, 0.25) is 5.02 Å². The predicted octanol–water partition coefficient (Wildman–Crippen LogP) is 3.48. The molecule has 0 saturated heterocycles. The van der Waals surface area contributed by atoms with E-state index in [2.05, 4.69) is 10.5 Å². The molecule has 0 saturated carbocycles. The number of nitrogens with one attached hydrogen (secondary N) is 1. The molecule has 0 aromatic heterocycles. The minimum atomic E-state index is -1.07. The van der Waals surface area contributed by atoms with E-state index in [1.165, 1.54) is 12.1 Å². The summed E-state index contributed by atoms with van der Waals surface area (Å²) in [6.07, 6.45) is 1.65. The molecule has 0 aliphatic carbocycles. The quantitative estimate of drug-likeness (QED) is 0.663. The van der Waals surface area contributed by atoms with Crippen LogP contribution >= 0.6 is 11.6 Å². The second-order valence-electron chi connectivity index (χ2n) is 3.78. The summed E-state index contributed by atoms with van der Waals surface area (Å²) >= 11 is 5.77. The van der Waals surface area contributed by atoms with Crippen LogP contribution in [0.15, 0.2) is 53.6 Å². The van der Waals surface area contributed by atoms with E-state index < -0.39 is 5.97 Å². The molecular formula is C14H11ClN2O2. The van der Waals surface area contributed by atoms with Crippen molar-refractivity contribution in [3.63, 3.8) is 0 Å². The third kappa shape index (κ3) is 3.56. The van der Waals surface area contributed by atoms with Crippen molar-refractivity contribution >= 4 is 29.5 Å². The molecule has 0 radical (unpaired) electrons. The van der Waals surface area contributed by atoms with Gasteiger partial charge in [-0.1, -0.05) is 41.9 Å². The van der Waals surface area contributed by atoms with Crippen molar-refractivity contribution < 1.29 is 9.90 Å². The Labute approximate surface area is 115 Å². The summed E-state index contributed by atoms with van der Waals surface area (Å²) < 4.78 is 0.